The van der Waals surface area contributed by atoms with Crippen LogP contribution in [0.1, 0.15) is 125 Å². The van der Waals surface area contributed by atoms with Crippen LogP contribution in [-0.4, -0.2) is 99.2 Å². The number of hydrogen-bond acceptors (Lipinski definition) is 10. The topological polar surface area (TPSA) is 179 Å². The lowest BCUT2D eigenvalue weighted by Crippen LogP contribution is -2.54. The number of piperazine rings is 1. The second-order valence-corrected chi connectivity index (χ2v) is 18.0. The molecule has 0 spiro atoms. The molecule has 2 saturated heterocycles. The minimum Gasteiger partial charge on any atom is -0.493 e. The van der Waals surface area contributed by atoms with E-state index in [4.69, 9.17) is 9.72 Å². The highest BCUT2D eigenvalue weighted by molar-refractivity contribution is 6.24. The van der Waals surface area contributed by atoms with E-state index in [1.807, 2.05) is 39.1 Å². The van der Waals surface area contributed by atoms with Crippen molar-refractivity contribution in [1.29, 1.82) is 0 Å². The molecule has 3 aliphatic heterocycles. The average Bonchev–Trinajstić information content (AvgIpc) is 3.78. The van der Waals surface area contributed by atoms with Crippen molar-refractivity contribution in [3.63, 3.8) is 0 Å². The van der Waals surface area contributed by atoms with Gasteiger partial charge in [0, 0.05) is 90.9 Å². The molecule has 3 aliphatic rings. The molecule has 2 aromatic carbocycles. The molecule has 0 saturated carbocycles. The number of piperidine rings is 1. The maximum Gasteiger partial charge on any atom is 0.266 e. The summed E-state index contributed by atoms with van der Waals surface area (Å²) in [6.07, 6.45) is 10.2. The number of aryl methyl sites for hydroxylation is 3. The maximum absolute atomic E-state index is 14.0. The van der Waals surface area contributed by atoms with Gasteiger partial charge in [-0.25, -0.2) is 4.98 Å². The van der Waals surface area contributed by atoms with Crippen molar-refractivity contribution in [3.8, 4) is 16.9 Å². The van der Waals surface area contributed by atoms with Crippen LogP contribution in [0, 0.1) is 20.8 Å². The normalized spacial score (nSPS) is 17.1. The van der Waals surface area contributed by atoms with E-state index in [1.54, 1.807) is 18.2 Å². The molecule has 0 radical (unpaired) electrons. The first-order valence-corrected chi connectivity index (χ1v) is 23.4. The Balaban J connectivity index is 0.803. The van der Waals surface area contributed by atoms with Crippen molar-refractivity contribution in [2.75, 3.05) is 44.2 Å². The summed E-state index contributed by atoms with van der Waals surface area (Å²) in [5.41, 5.74) is 6.81. The summed E-state index contributed by atoms with van der Waals surface area (Å²) in [5.74, 6) is -1.10. The monoisotopic (exact) mass is 896 g/mol. The molecule has 2 atom stereocenters. The number of benzene rings is 2. The number of amides is 5. The molecule has 6 heterocycles. The van der Waals surface area contributed by atoms with Gasteiger partial charge in [0.25, 0.3) is 23.3 Å². The van der Waals surface area contributed by atoms with E-state index in [9.17, 15) is 28.8 Å². The first kappa shape index (κ1) is 45.9. The zero-order valence-electron chi connectivity index (χ0n) is 38.6. The van der Waals surface area contributed by atoms with Crippen molar-refractivity contribution in [2.24, 2.45) is 0 Å². The Morgan fingerprint density at radius 3 is 2.39 bits per heavy atom. The fourth-order valence-electron chi connectivity index (χ4n) is 9.56. The van der Waals surface area contributed by atoms with Crippen molar-refractivity contribution in [3.05, 3.63) is 110 Å². The van der Waals surface area contributed by atoms with E-state index >= 15 is 0 Å². The van der Waals surface area contributed by atoms with Crippen LogP contribution >= 0.6 is 0 Å². The van der Waals surface area contributed by atoms with Crippen LogP contribution < -0.4 is 25.8 Å². The Morgan fingerprint density at radius 2 is 1.67 bits per heavy atom. The van der Waals surface area contributed by atoms with Crippen LogP contribution in [0.15, 0.2) is 65.7 Å². The number of nitrogens with one attached hydrogen (secondary N) is 3. The predicted octanol–water partition coefficient (Wildman–Crippen LogP) is 6.77. The molecule has 3 aromatic heterocycles. The number of H-pyrrole nitrogens is 1. The van der Waals surface area contributed by atoms with Crippen LogP contribution in [0.4, 0.5) is 5.82 Å². The van der Waals surface area contributed by atoms with Crippen LogP contribution in [0.3, 0.4) is 0 Å². The second kappa shape index (κ2) is 19.9. The van der Waals surface area contributed by atoms with E-state index in [-0.39, 0.29) is 48.0 Å². The fourth-order valence-corrected chi connectivity index (χ4v) is 9.56. The van der Waals surface area contributed by atoms with Gasteiger partial charge in [-0.2, -0.15) is 0 Å². The molecule has 66 heavy (non-hydrogen) atoms. The van der Waals surface area contributed by atoms with Crippen LogP contribution in [0.5, 0.6) is 5.75 Å². The average molecular weight is 897 g/mol. The predicted molar refractivity (Wildman–Crippen MR) is 253 cm³/mol. The summed E-state index contributed by atoms with van der Waals surface area (Å²) < 4.78 is 8.26. The zero-order chi connectivity index (χ0) is 46.6. The van der Waals surface area contributed by atoms with E-state index in [0.29, 0.717) is 23.5 Å². The lowest BCUT2D eigenvalue weighted by molar-refractivity contribution is -0.136. The highest BCUT2D eigenvalue weighted by atomic mass is 16.5. The standard InChI is InChI=1S/C51H60N8O7/c1-6-34(5)58-30-32(3)45-38(47(61)53-29-39-31(2)25-33(4)54-48(39)62)26-36(27-41(45)58)35-15-17-43(52-28-35)57-22-20-56(21-23-57)19-10-8-7-9-11-24-66-42-14-12-13-37-46(42)51(65)59(50(37)64)40-16-18-44(60)55-49(40)63/h12-15,17,25-28,30,34,40H,6-11,16,18-24,29H2,1-5H3,(H,53,61)(H,54,62)(H,55,60,63). The van der Waals surface area contributed by atoms with E-state index in [1.165, 1.54) is 0 Å². The number of hydrogen-bond donors (Lipinski definition) is 3. The van der Waals surface area contributed by atoms with Crippen LogP contribution in [0.25, 0.3) is 22.0 Å². The first-order chi connectivity index (χ1) is 31.8. The Labute approximate surface area is 384 Å². The molecule has 2 fully saturated rings. The summed E-state index contributed by atoms with van der Waals surface area (Å²) in [6, 6.07) is 14.3. The van der Waals surface area contributed by atoms with Crippen molar-refractivity contribution >= 4 is 46.3 Å². The minimum atomic E-state index is -1.01. The van der Waals surface area contributed by atoms with Crippen LogP contribution in [-0.2, 0) is 16.1 Å². The second-order valence-electron chi connectivity index (χ2n) is 18.0. The summed E-state index contributed by atoms with van der Waals surface area (Å²) in [7, 11) is 0. The van der Waals surface area contributed by atoms with Gasteiger partial charge in [0.1, 0.15) is 17.6 Å². The number of anilines is 1. The quantitative estimate of drug-likeness (QED) is 0.0667. The van der Waals surface area contributed by atoms with Crippen molar-refractivity contribution in [1.82, 2.24) is 35.0 Å². The third-order valence-electron chi connectivity index (χ3n) is 13.4. The molecule has 8 rings (SSSR count). The third kappa shape index (κ3) is 9.53. The molecule has 0 bridgehead atoms. The van der Waals surface area contributed by atoms with Crippen molar-refractivity contribution < 1.29 is 28.7 Å². The number of aromatic amines is 1. The third-order valence-corrected chi connectivity index (χ3v) is 13.4. The summed E-state index contributed by atoms with van der Waals surface area (Å²) in [6.45, 7) is 15.4. The number of fused-ring (bicyclic) bond motifs is 2. The summed E-state index contributed by atoms with van der Waals surface area (Å²) >= 11 is 0. The number of aromatic nitrogens is 3. The van der Waals surface area contributed by atoms with E-state index in [0.717, 1.165) is 121 Å². The molecule has 5 aromatic rings. The number of imide groups is 2. The molecule has 15 nitrogen and oxygen atoms in total. The molecule has 15 heteroatoms. The SMILES string of the molecule is CCC(C)n1cc(C)c2c(C(=O)NCc3c(C)cc(C)[nH]c3=O)cc(-c3ccc(N4CCN(CCCCCCCOc5cccc6c5C(=O)N(C5CCC(=O)NC5=O)C6=O)CC4)nc3)cc21. The number of pyridine rings is 2. The smallest absolute Gasteiger partial charge is 0.266 e. The van der Waals surface area contributed by atoms with E-state index in [2.05, 4.69) is 68.2 Å². The van der Waals surface area contributed by atoms with Gasteiger partial charge in [-0.3, -0.25) is 43.9 Å². The van der Waals surface area contributed by atoms with E-state index < -0.39 is 29.7 Å². The highest BCUT2D eigenvalue weighted by Gasteiger charge is 2.46. The lowest BCUT2D eigenvalue weighted by Gasteiger charge is -2.35. The Kier molecular flexibility index (Phi) is 13.8. The Bertz CT molecular complexity index is 2730. The molecular formula is C51H60N8O7. The van der Waals surface area contributed by atoms with Crippen LogP contribution in [0.2, 0.25) is 0 Å². The van der Waals surface area contributed by atoms with Gasteiger partial charge < -0.3 is 24.5 Å². The van der Waals surface area contributed by atoms with Gasteiger partial charge in [0.2, 0.25) is 11.8 Å². The molecular weight excluding hydrogens is 837 g/mol. The molecule has 2 unspecified atom stereocenters. The van der Waals surface area contributed by atoms with Gasteiger partial charge in [-0.15, -0.1) is 0 Å². The molecule has 3 N–H and O–H groups in total. The summed E-state index contributed by atoms with van der Waals surface area (Å²) in [5, 5.41) is 6.18. The number of carbonyl (C=O) groups is 5. The first-order valence-electron chi connectivity index (χ1n) is 23.4. The lowest BCUT2D eigenvalue weighted by atomic mass is 9.98. The minimum absolute atomic E-state index is 0.0710. The Morgan fingerprint density at radius 1 is 0.894 bits per heavy atom. The van der Waals surface area contributed by atoms with Gasteiger partial charge >= 0.3 is 0 Å². The number of nitrogens with zero attached hydrogens (tertiary/aromatic N) is 5. The molecule has 346 valence electrons. The molecule has 5 amide bonds. The largest absolute Gasteiger partial charge is 0.493 e. The molecule has 0 aliphatic carbocycles. The Hall–Kier alpha value is -6.61. The summed E-state index contributed by atoms with van der Waals surface area (Å²) in [4.78, 5) is 90.8. The van der Waals surface area contributed by atoms with Gasteiger partial charge in [-0.05, 0) is 119 Å². The van der Waals surface area contributed by atoms with Gasteiger partial charge in [0.15, 0.2) is 0 Å². The zero-order valence-corrected chi connectivity index (χ0v) is 38.6. The number of carbonyl (C=O) groups excluding carboxylic acids is 5. The maximum atomic E-state index is 14.0. The van der Waals surface area contributed by atoms with Gasteiger partial charge in [-0.1, -0.05) is 32.3 Å². The number of ether oxygens (including phenoxy) is 1. The fraction of sp³-hybridized carbons (Fsp3) is 0.431. The highest BCUT2D eigenvalue weighted by Crippen LogP contribution is 2.35. The number of rotatable bonds is 17. The van der Waals surface area contributed by atoms with Crippen molar-refractivity contribution in [2.45, 2.75) is 105 Å². The van der Waals surface area contributed by atoms with Gasteiger partial charge in [0.05, 0.1) is 17.7 Å². The number of unbranched alkanes of at least 4 members (excludes halogenated alkanes) is 4.